The number of hydrogen-bond donors (Lipinski definition) is 3. The second kappa shape index (κ2) is 5.34. The van der Waals surface area contributed by atoms with E-state index in [4.69, 9.17) is 5.73 Å². The smallest absolute Gasteiger partial charge is 0.253 e. The van der Waals surface area contributed by atoms with Crippen LogP contribution in [0, 0.1) is 0 Å². The first kappa shape index (κ1) is 12.7. The van der Waals surface area contributed by atoms with Gasteiger partial charge in [0.25, 0.3) is 5.91 Å². The molecule has 5 nitrogen and oxygen atoms in total. The third-order valence-electron chi connectivity index (χ3n) is 3.10. The molecular weight excluding hydrogens is 272 g/mol. The highest BCUT2D eigenvalue weighted by molar-refractivity contribution is 7.07. The maximum atomic E-state index is 12.2. The molecule has 0 aliphatic carbocycles. The molecule has 1 amide bonds. The SMILES string of the molecule is Nc1ccc2[nH]cc(C(=O)NCCc3cscn3)c2c1. The summed E-state index contributed by atoms with van der Waals surface area (Å²) in [5.74, 6) is -0.0999. The van der Waals surface area contributed by atoms with Crippen molar-refractivity contribution < 1.29 is 4.79 Å². The van der Waals surface area contributed by atoms with Crippen LogP contribution in [0.4, 0.5) is 5.69 Å². The van der Waals surface area contributed by atoms with Gasteiger partial charge < -0.3 is 16.0 Å². The number of rotatable bonds is 4. The molecule has 0 saturated carbocycles. The Morgan fingerprint density at radius 2 is 2.35 bits per heavy atom. The van der Waals surface area contributed by atoms with Gasteiger partial charge in [0.2, 0.25) is 0 Å². The Kier molecular flexibility index (Phi) is 3.39. The van der Waals surface area contributed by atoms with Crippen LogP contribution in [0.5, 0.6) is 0 Å². The molecule has 0 atom stereocenters. The first-order valence-corrected chi connectivity index (χ1v) is 7.20. The summed E-state index contributed by atoms with van der Waals surface area (Å²) in [5, 5.41) is 5.73. The van der Waals surface area contributed by atoms with E-state index in [0.717, 1.165) is 23.0 Å². The Balaban J connectivity index is 1.70. The van der Waals surface area contributed by atoms with Crippen molar-refractivity contribution in [2.45, 2.75) is 6.42 Å². The average Bonchev–Trinajstić information content (AvgIpc) is 3.07. The minimum absolute atomic E-state index is 0.0999. The van der Waals surface area contributed by atoms with Gasteiger partial charge in [0.15, 0.2) is 0 Å². The fourth-order valence-electron chi connectivity index (χ4n) is 2.09. The summed E-state index contributed by atoms with van der Waals surface area (Å²) in [7, 11) is 0. The number of aromatic nitrogens is 2. The summed E-state index contributed by atoms with van der Waals surface area (Å²) in [6.07, 6.45) is 2.45. The summed E-state index contributed by atoms with van der Waals surface area (Å²) in [6, 6.07) is 5.49. The van der Waals surface area contributed by atoms with E-state index in [0.29, 0.717) is 17.8 Å². The second-order valence-electron chi connectivity index (χ2n) is 4.49. The van der Waals surface area contributed by atoms with Crippen molar-refractivity contribution in [1.82, 2.24) is 15.3 Å². The minimum Gasteiger partial charge on any atom is -0.399 e. The number of nitrogen functional groups attached to an aromatic ring is 1. The molecule has 4 N–H and O–H groups in total. The molecule has 6 heteroatoms. The van der Waals surface area contributed by atoms with Crippen molar-refractivity contribution in [2.24, 2.45) is 0 Å². The normalized spacial score (nSPS) is 10.8. The maximum absolute atomic E-state index is 12.2. The average molecular weight is 286 g/mol. The lowest BCUT2D eigenvalue weighted by molar-refractivity contribution is 0.0956. The fourth-order valence-corrected chi connectivity index (χ4v) is 2.68. The van der Waals surface area contributed by atoms with E-state index in [1.807, 2.05) is 17.5 Å². The Bertz CT molecular complexity index is 733. The molecule has 0 aliphatic rings. The molecule has 0 unspecified atom stereocenters. The monoisotopic (exact) mass is 286 g/mol. The van der Waals surface area contributed by atoms with Crippen LogP contribution in [0.25, 0.3) is 10.9 Å². The first-order valence-electron chi connectivity index (χ1n) is 6.26. The van der Waals surface area contributed by atoms with Gasteiger partial charge in [-0.2, -0.15) is 0 Å². The molecule has 0 saturated heterocycles. The van der Waals surface area contributed by atoms with E-state index in [-0.39, 0.29) is 5.91 Å². The molecule has 20 heavy (non-hydrogen) atoms. The summed E-state index contributed by atoms with van der Waals surface area (Å²) >= 11 is 1.56. The molecule has 0 radical (unpaired) electrons. The Morgan fingerprint density at radius 1 is 1.45 bits per heavy atom. The van der Waals surface area contributed by atoms with Crippen molar-refractivity contribution in [1.29, 1.82) is 0 Å². The molecule has 0 bridgehead atoms. The van der Waals surface area contributed by atoms with Crippen molar-refractivity contribution >= 4 is 33.8 Å². The molecular formula is C14H14N4OS. The maximum Gasteiger partial charge on any atom is 0.253 e. The third-order valence-corrected chi connectivity index (χ3v) is 3.74. The molecule has 3 rings (SSSR count). The van der Waals surface area contributed by atoms with Gasteiger partial charge in [0.05, 0.1) is 16.8 Å². The molecule has 0 aliphatic heterocycles. The first-order chi connectivity index (χ1) is 9.74. The number of carbonyl (C=O) groups excluding carboxylic acids is 1. The lowest BCUT2D eigenvalue weighted by Crippen LogP contribution is -2.25. The zero-order valence-electron chi connectivity index (χ0n) is 10.7. The predicted octanol–water partition coefficient (Wildman–Crippen LogP) is 2.18. The number of anilines is 1. The topological polar surface area (TPSA) is 83.8 Å². The van der Waals surface area contributed by atoms with Gasteiger partial charge in [-0.15, -0.1) is 11.3 Å². The van der Waals surface area contributed by atoms with Crippen LogP contribution in [-0.4, -0.2) is 22.4 Å². The molecule has 1 aromatic carbocycles. The minimum atomic E-state index is -0.0999. The molecule has 2 aromatic heterocycles. The van der Waals surface area contributed by atoms with Crippen LogP contribution in [0.15, 0.2) is 35.3 Å². The van der Waals surface area contributed by atoms with Gasteiger partial charge in [-0.3, -0.25) is 4.79 Å². The Hall–Kier alpha value is -2.34. The molecule has 102 valence electrons. The number of nitrogens with zero attached hydrogens (tertiary/aromatic N) is 1. The van der Waals surface area contributed by atoms with Crippen LogP contribution in [0.1, 0.15) is 16.1 Å². The highest BCUT2D eigenvalue weighted by Gasteiger charge is 2.11. The zero-order chi connectivity index (χ0) is 13.9. The number of fused-ring (bicyclic) bond motifs is 1. The summed E-state index contributed by atoms with van der Waals surface area (Å²) < 4.78 is 0. The van der Waals surface area contributed by atoms with Crippen LogP contribution in [-0.2, 0) is 6.42 Å². The fraction of sp³-hybridized carbons (Fsp3) is 0.143. The van der Waals surface area contributed by atoms with E-state index in [1.54, 1.807) is 29.1 Å². The number of nitrogens with two attached hydrogens (primary N) is 1. The number of H-pyrrole nitrogens is 1. The summed E-state index contributed by atoms with van der Waals surface area (Å²) in [6.45, 7) is 0.567. The molecule has 0 spiro atoms. The van der Waals surface area contributed by atoms with Crippen molar-refractivity contribution in [3.8, 4) is 0 Å². The van der Waals surface area contributed by atoms with Gasteiger partial charge in [-0.1, -0.05) is 0 Å². The summed E-state index contributed by atoms with van der Waals surface area (Å²) in [5.41, 5.74) is 10.7. The van der Waals surface area contributed by atoms with E-state index < -0.39 is 0 Å². The number of aromatic amines is 1. The third kappa shape index (κ3) is 2.50. The molecule has 2 heterocycles. The highest BCUT2D eigenvalue weighted by Crippen LogP contribution is 2.20. The van der Waals surface area contributed by atoms with Crippen LogP contribution in [0.3, 0.4) is 0 Å². The number of carbonyl (C=O) groups is 1. The van der Waals surface area contributed by atoms with Crippen molar-refractivity contribution in [3.63, 3.8) is 0 Å². The molecule has 3 aromatic rings. The number of amides is 1. The number of thiazole rings is 1. The quantitative estimate of drug-likeness (QED) is 0.643. The lowest BCUT2D eigenvalue weighted by Gasteiger charge is -2.03. The van der Waals surface area contributed by atoms with Crippen LogP contribution < -0.4 is 11.1 Å². The highest BCUT2D eigenvalue weighted by atomic mass is 32.1. The zero-order valence-corrected chi connectivity index (χ0v) is 11.5. The van der Waals surface area contributed by atoms with Gasteiger partial charge in [-0.25, -0.2) is 4.98 Å². The predicted molar refractivity (Wildman–Crippen MR) is 80.9 cm³/mol. The van der Waals surface area contributed by atoms with Crippen molar-refractivity contribution in [3.05, 3.63) is 46.5 Å². The second-order valence-corrected chi connectivity index (χ2v) is 5.21. The van der Waals surface area contributed by atoms with Gasteiger partial charge >= 0.3 is 0 Å². The number of hydrogen-bond acceptors (Lipinski definition) is 4. The van der Waals surface area contributed by atoms with E-state index in [1.165, 1.54) is 0 Å². The van der Waals surface area contributed by atoms with Gasteiger partial charge in [0.1, 0.15) is 0 Å². The number of benzene rings is 1. The summed E-state index contributed by atoms with van der Waals surface area (Å²) in [4.78, 5) is 19.4. The van der Waals surface area contributed by atoms with Gasteiger partial charge in [-0.05, 0) is 18.2 Å². The lowest BCUT2D eigenvalue weighted by atomic mass is 10.1. The van der Waals surface area contributed by atoms with Crippen molar-refractivity contribution in [2.75, 3.05) is 12.3 Å². The Labute approximate surface area is 119 Å². The molecule has 0 fully saturated rings. The van der Waals surface area contributed by atoms with E-state index in [9.17, 15) is 4.79 Å². The Morgan fingerprint density at radius 3 is 3.15 bits per heavy atom. The van der Waals surface area contributed by atoms with Gasteiger partial charge in [0, 0.05) is 41.1 Å². The van der Waals surface area contributed by atoms with Crippen LogP contribution in [0.2, 0.25) is 0 Å². The van der Waals surface area contributed by atoms with E-state index in [2.05, 4.69) is 15.3 Å². The van der Waals surface area contributed by atoms with E-state index >= 15 is 0 Å². The standard InChI is InChI=1S/C14H14N4OS/c15-9-1-2-13-11(5-9)12(6-17-13)14(19)16-4-3-10-7-20-8-18-10/h1-2,5-8,17H,3-4,15H2,(H,16,19). The largest absolute Gasteiger partial charge is 0.399 e. The van der Waals surface area contributed by atoms with Crippen LogP contribution >= 0.6 is 11.3 Å². The number of nitrogens with one attached hydrogen (secondary N) is 2.